The minimum absolute atomic E-state index is 0. The number of rotatable bonds is 5. The summed E-state index contributed by atoms with van der Waals surface area (Å²) in [6.45, 7) is 0. The van der Waals surface area contributed by atoms with Crippen LogP contribution in [0.3, 0.4) is 0 Å². The summed E-state index contributed by atoms with van der Waals surface area (Å²) < 4.78 is 0. The maximum Gasteiger partial charge on any atom is 0.0364 e. The minimum atomic E-state index is 0. The first-order valence-electron chi connectivity index (χ1n) is 12.2. The van der Waals surface area contributed by atoms with E-state index in [2.05, 4.69) is 152 Å². The van der Waals surface area contributed by atoms with Gasteiger partial charge in [-0.15, -0.1) is 0 Å². The van der Waals surface area contributed by atoms with Crippen LogP contribution in [0.25, 0.3) is 22.3 Å². The molecule has 1 aliphatic rings. The van der Waals surface area contributed by atoms with Gasteiger partial charge in [0.1, 0.15) is 0 Å². The van der Waals surface area contributed by atoms with Crippen molar-refractivity contribution in [3.05, 3.63) is 179 Å². The zero-order chi connectivity index (χ0) is 23.5. The molecule has 174 valence electrons. The Bertz CT molecular complexity index is 1390. The SMILES string of the molecule is P.c1ccc(C2=C(c3ccccc3)C(c3ccccc3)C(c3ccccc3)=C2c2ccccc2)cc1. The monoisotopic (exact) mass is 480 g/mol. The maximum absolute atomic E-state index is 2.27. The van der Waals surface area contributed by atoms with Crippen LogP contribution in [0.4, 0.5) is 0 Å². The van der Waals surface area contributed by atoms with Crippen molar-refractivity contribution in [2.75, 3.05) is 0 Å². The molecule has 1 atom stereocenters. The fourth-order valence-electron chi connectivity index (χ4n) is 5.35. The van der Waals surface area contributed by atoms with Gasteiger partial charge in [0.2, 0.25) is 0 Å². The van der Waals surface area contributed by atoms with Crippen LogP contribution in [0.5, 0.6) is 0 Å². The molecule has 36 heavy (non-hydrogen) atoms. The summed E-state index contributed by atoms with van der Waals surface area (Å²) >= 11 is 0. The molecule has 0 N–H and O–H groups in total. The number of hydrogen-bond acceptors (Lipinski definition) is 0. The van der Waals surface area contributed by atoms with E-state index in [4.69, 9.17) is 0 Å². The van der Waals surface area contributed by atoms with Crippen molar-refractivity contribution >= 4 is 32.2 Å². The maximum atomic E-state index is 2.27. The molecule has 5 aromatic carbocycles. The normalized spacial score (nSPS) is 13.6. The Hall–Kier alpha value is -3.99. The fourth-order valence-corrected chi connectivity index (χ4v) is 5.35. The average Bonchev–Trinajstić information content (AvgIpc) is 3.32. The quantitative estimate of drug-likeness (QED) is 0.220. The third kappa shape index (κ3) is 4.37. The van der Waals surface area contributed by atoms with Gasteiger partial charge in [-0.2, -0.15) is 9.90 Å². The van der Waals surface area contributed by atoms with Crippen molar-refractivity contribution in [1.82, 2.24) is 0 Å². The first-order chi connectivity index (χ1) is 17.4. The lowest BCUT2D eigenvalue weighted by atomic mass is 9.81. The third-order valence-corrected chi connectivity index (χ3v) is 6.79. The standard InChI is InChI=1S/C35H26.H3P/c1-6-16-26(17-7-1)31-32(27-18-8-2-9-19-27)34(29-22-12-4-13-23-29)35(30-24-14-5-15-25-30)33(31)28-20-10-3-11-21-28;/h1-25,31H;1H3. The highest BCUT2D eigenvalue weighted by molar-refractivity contribution is 6.92. The van der Waals surface area contributed by atoms with Gasteiger partial charge in [0, 0.05) is 5.92 Å². The molecule has 0 aliphatic heterocycles. The van der Waals surface area contributed by atoms with Crippen LogP contribution in [-0.2, 0) is 0 Å². The van der Waals surface area contributed by atoms with Gasteiger partial charge in [0.25, 0.3) is 0 Å². The lowest BCUT2D eigenvalue weighted by Gasteiger charge is -2.22. The van der Waals surface area contributed by atoms with Crippen molar-refractivity contribution in [2.24, 2.45) is 0 Å². The highest BCUT2D eigenvalue weighted by atomic mass is 31.0. The molecule has 1 unspecified atom stereocenters. The summed E-state index contributed by atoms with van der Waals surface area (Å²) in [6, 6.07) is 54.5. The summed E-state index contributed by atoms with van der Waals surface area (Å²) in [5.41, 5.74) is 11.7. The second-order valence-corrected chi connectivity index (χ2v) is 8.89. The predicted molar refractivity (Wildman–Crippen MR) is 160 cm³/mol. The molecule has 6 rings (SSSR count). The molecule has 0 fully saturated rings. The predicted octanol–water partition coefficient (Wildman–Crippen LogP) is 9.06. The lowest BCUT2D eigenvalue weighted by molar-refractivity contribution is 1.14. The van der Waals surface area contributed by atoms with Crippen LogP contribution >= 0.6 is 9.90 Å². The molecule has 0 radical (unpaired) electrons. The average molecular weight is 481 g/mol. The molecule has 0 saturated carbocycles. The van der Waals surface area contributed by atoms with Crippen LogP contribution in [0.15, 0.2) is 152 Å². The Labute approximate surface area is 217 Å². The zero-order valence-corrected chi connectivity index (χ0v) is 21.6. The van der Waals surface area contributed by atoms with Crippen molar-refractivity contribution in [2.45, 2.75) is 5.92 Å². The Morgan fingerprint density at radius 1 is 0.306 bits per heavy atom. The van der Waals surface area contributed by atoms with E-state index in [0.717, 1.165) is 0 Å². The van der Waals surface area contributed by atoms with E-state index >= 15 is 0 Å². The lowest BCUT2D eigenvalue weighted by Crippen LogP contribution is -2.03. The molecule has 0 aromatic heterocycles. The Kier molecular flexibility index (Phi) is 7.08. The fraction of sp³-hybridized carbons (Fsp3) is 0.0286. The summed E-state index contributed by atoms with van der Waals surface area (Å²) in [5.74, 6) is 0.117. The van der Waals surface area contributed by atoms with Crippen LogP contribution < -0.4 is 0 Å². The van der Waals surface area contributed by atoms with Crippen LogP contribution in [-0.4, -0.2) is 0 Å². The molecule has 0 amide bonds. The van der Waals surface area contributed by atoms with Gasteiger partial charge in [0.05, 0.1) is 0 Å². The van der Waals surface area contributed by atoms with Crippen molar-refractivity contribution in [1.29, 1.82) is 0 Å². The van der Waals surface area contributed by atoms with Gasteiger partial charge in [-0.3, -0.25) is 0 Å². The van der Waals surface area contributed by atoms with E-state index < -0.39 is 0 Å². The van der Waals surface area contributed by atoms with E-state index in [9.17, 15) is 0 Å². The second kappa shape index (κ2) is 10.7. The van der Waals surface area contributed by atoms with Crippen LogP contribution in [0, 0.1) is 0 Å². The van der Waals surface area contributed by atoms with E-state index in [0.29, 0.717) is 0 Å². The molecular weight excluding hydrogens is 451 g/mol. The van der Waals surface area contributed by atoms with Gasteiger partial charge in [0.15, 0.2) is 0 Å². The molecule has 0 saturated heterocycles. The first kappa shape index (κ1) is 23.7. The summed E-state index contributed by atoms with van der Waals surface area (Å²) in [4.78, 5) is 0. The second-order valence-electron chi connectivity index (χ2n) is 8.89. The van der Waals surface area contributed by atoms with Crippen LogP contribution in [0.2, 0.25) is 0 Å². The summed E-state index contributed by atoms with van der Waals surface area (Å²) in [7, 11) is 0. The van der Waals surface area contributed by atoms with Gasteiger partial charge in [-0.05, 0) is 50.1 Å². The van der Waals surface area contributed by atoms with E-state index in [1.807, 2.05) is 0 Å². The Morgan fingerprint density at radius 3 is 0.917 bits per heavy atom. The first-order valence-corrected chi connectivity index (χ1v) is 12.2. The summed E-state index contributed by atoms with van der Waals surface area (Å²) in [6.07, 6.45) is 0. The Morgan fingerprint density at radius 2 is 0.583 bits per heavy atom. The number of benzene rings is 5. The third-order valence-electron chi connectivity index (χ3n) is 6.79. The molecule has 1 aliphatic carbocycles. The van der Waals surface area contributed by atoms with Gasteiger partial charge >= 0.3 is 0 Å². The summed E-state index contributed by atoms with van der Waals surface area (Å²) in [5, 5.41) is 0. The molecule has 0 spiro atoms. The van der Waals surface area contributed by atoms with Crippen molar-refractivity contribution in [3.63, 3.8) is 0 Å². The van der Waals surface area contributed by atoms with E-state index in [-0.39, 0.29) is 15.8 Å². The van der Waals surface area contributed by atoms with Crippen LogP contribution in [0.1, 0.15) is 33.7 Å². The van der Waals surface area contributed by atoms with Crippen molar-refractivity contribution < 1.29 is 0 Å². The Balaban J connectivity index is 0.00000267. The zero-order valence-electron chi connectivity index (χ0n) is 20.2. The van der Waals surface area contributed by atoms with Gasteiger partial charge < -0.3 is 0 Å². The largest absolute Gasteiger partial charge is 0.153 e. The van der Waals surface area contributed by atoms with Crippen molar-refractivity contribution in [3.8, 4) is 0 Å². The smallest absolute Gasteiger partial charge is 0.0364 e. The van der Waals surface area contributed by atoms with E-state index in [1.165, 1.54) is 50.1 Å². The molecule has 0 nitrogen and oxygen atoms in total. The molecule has 0 bridgehead atoms. The number of hydrogen-bond donors (Lipinski definition) is 0. The van der Waals surface area contributed by atoms with Gasteiger partial charge in [-0.1, -0.05) is 152 Å². The minimum Gasteiger partial charge on any atom is -0.153 e. The molecule has 1 heteroatoms. The highest BCUT2D eigenvalue weighted by Crippen LogP contribution is 2.58. The molecule has 0 heterocycles. The number of allylic oxidation sites excluding steroid dienone is 4. The molecular formula is C35H29P. The highest BCUT2D eigenvalue weighted by Gasteiger charge is 2.37. The van der Waals surface area contributed by atoms with Gasteiger partial charge in [-0.25, -0.2) is 0 Å². The topological polar surface area (TPSA) is 0 Å². The molecule has 5 aromatic rings. The van der Waals surface area contributed by atoms with E-state index in [1.54, 1.807) is 0 Å².